The van der Waals surface area contributed by atoms with Gasteiger partial charge in [0.1, 0.15) is 18.2 Å². The number of carbonyl (C=O) groups excluding carboxylic acids is 3. The number of carbonyl (C=O) groups is 3. The van der Waals surface area contributed by atoms with Crippen molar-refractivity contribution < 1.29 is 32.3 Å². The van der Waals surface area contributed by atoms with Crippen molar-refractivity contribution in [2.45, 2.75) is 155 Å². The highest BCUT2D eigenvalue weighted by molar-refractivity contribution is 7.51. The van der Waals surface area contributed by atoms with Gasteiger partial charge in [-0.25, -0.2) is 4.79 Å². The van der Waals surface area contributed by atoms with Gasteiger partial charge in [-0.15, -0.1) is 0 Å². The second-order valence-corrected chi connectivity index (χ2v) is 10.2. The number of cyclic esters (lactones) is 1. The number of amides is 1. The first-order valence-corrected chi connectivity index (χ1v) is 15.2. The Morgan fingerprint density at radius 2 is 1.43 bits per heavy atom. The van der Waals surface area contributed by atoms with Gasteiger partial charge in [0.25, 0.3) is 0 Å². The summed E-state index contributed by atoms with van der Waals surface area (Å²) in [5.41, 5.74) is 0. The van der Waals surface area contributed by atoms with E-state index >= 15 is 0 Å². The van der Waals surface area contributed by atoms with Crippen LogP contribution >= 0.6 is 0 Å². The summed E-state index contributed by atoms with van der Waals surface area (Å²) in [5, 5.41) is 2.59. The maximum Gasteiger partial charge on any atom is 0.335 e. The number of esters is 2. The maximum absolute atomic E-state index is 12.7. The average molecular weight is 546 g/mol. The molecule has 0 aromatic rings. The molecule has 0 saturated carbocycles. The monoisotopic (exact) mass is 545 g/mol. The van der Waals surface area contributed by atoms with E-state index in [0.717, 1.165) is 44.9 Å². The molecule has 1 N–H and O–H groups in total. The van der Waals surface area contributed by atoms with Crippen LogP contribution < -0.4 is 5.32 Å². The van der Waals surface area contributed by atoms with Crippen molar-refractivity contribution in [1.82, 2.24) is 5.32 Å². The molecule has 0 bridgehead atoms. The van der Waals surface area contributed by atoms with E-state index in [0.29, 0.717) is 19.3 Å². The third-order valence-corrected chi connectivity index (χ3v) is 6.93. The Balaban J connectivity index is 0.00000410. The number of unbranched alkanes of at least 4 members (excludes halogenated alkanes) is 11. The van der Waals surface area contributed by atoms with Crippen LogP contribution in [0.5, 0.6) is 0 Å². The van der Waals surface area contributed by atoms with Gasteiger partial charge in [-0.05, 0) is 25.7 Å². The molecule has 8 nitrogen and oxygen atoms in total. The third-order valence-electron chi connectivity index (χ3n) is 6.93. The molecule has 37 heavy (non-hydrogen) atoms. The van der Waals surface area contributed by atoms with Gasteiger partial charge in [0.2, 0.25) is 6.41 Å². The quantitative estimate of drug-likeness (QED) is 0.0956. The van der Waals surface area contributed by atoms with Crippen molar-refractivity contribution in [3.05, 3.63) is 0 Å². The van der Waals surface area contributed by atoms with Gasteiger partial charge in [0.05, 0.1) is 5.92 Å². The fourth-order valence-corrected chi connectivity index (χ4v) is 4.76. The Kier molecular flexibility index (Phi) is 23.4. The highest BCUT2D eigenvalue weighted by Gasteiger charge is 2.43. The molecule has 9 heteroatoms. The van der Waals surface area contributed by atoms with E-state index in [4.69, 9.17) is 17.9 Å². The van der Waals surface area contributed by atoms with E-state index in [1.165, 1.54) is 57.8 Å². The maximum atomic E-state index is 12.7. The molecule has 1 heterocycles. The van der Waals surface area contributed by atoms with Crippen LogP contribution in [0.3, 0.4) is 0 Å². The minimum absolute atomic E-state index is 0.0688. The number of nitrogens with one attached hydrogen (secondary N) is 1. The Morgan fingerprint density at radius 3 is 1.95 bits per heavy atom. The summed E-state index contributed by atoms with van der Waals surface area (Å²) in [7, 11) is 0. The molecule has 1 amide bonds. The largest absolute Gasteiger partial charge is 0.461 e. The molecule has 0 aliphatic carbocycles. The number of hydrogen-bond acceptors (Lipinski definition) is 7. The highest BCUT2D eigenvalue weighted by Crippen LogP contribution is 2.32. The van der Waals surface area contributed by atoms with E-state index in [1.54, 1.807) is 0 Å². The Hall–Kier alpha value is -1.77. The lowest BCUT2D eigenvalue weighted by Gasteiger charge is -2.37. The lowest BCUT2D eigenvalue weighted by atomic mass is 9.86. The normalized spacial score (nSPS) is 17.9. The highest BCUT2D eigenvalue weighted by atomic mass is 32.1. The second kappa shape index (κ2) is 24.6. The van der Waals surface area contributed by atoms with E-state index in [1.807, 2.05) is 6.92 Å². The number of ether oxygens (including phenoxy) is 2. The summed E-state index contributed by atoms with van der Waals surface area (Å²) in [6.07, 6.45) is 19.3. The Morgan fingerprint density at radius 1 is 0.892 bits per heavy atom. The first-order chi connectivity index (χ1) is 18.0. The third kappa shape index (κ3) is 17.4. The van der Waals surface area contributed by atoms with Gasteiger partial charge < -0.3 is 14.8 Å². The van der Waals surface area contributed by atoms with Crippen molar-refractivity contribution in [1.29, 1.82) is 0 Å². The van der Waals surface area contributed by atoms with Gasteiger partial charge >= 0.3 is 23.5 Å². The molecular formula is C28H51NO7S. The number of rotatable bonds is 23. The molecule has 0 aromatic carbocycles. The van der Waals surface area contributed by atoms with Crippen LogP contribution in [-0.2, 0) is 35.4 Å². The topological polar surface area (TPSA) is 116 Å². The van der Waals surface area contributed by atoms with Crippen LogP contribution in [-0.4, -0.2) is 45.0 Å². The zero-order valence-electron chi connectivity index (χ0n) is 23.4. The zero-order valence-corrected chi connectivity index (χ0v) is 24.2. The zero-order chi connectivity index (χ0) is 27.7. The van der Waals surface area contributed by atoms with E-state index in [-0.39, 0.29) is 30.1 Å². The lowest BCUT2D eigenvalue weighted by molar-refractivity contribution is -0.190. The fourth-order valence-electron chi connectivity index (χ4n) is 4.76. The Bertz CT molecular complexity index is 640. The molecular weight excluding hydrogens is 494 g/mol. The molecule has 0 aromatic heterocycles. The van der Waals surface area contributed by atoms with Gasteiger partial charge in [-0.2, -0.15) is 8.42 Å². The van der Waals surface area contributed by atoms with Gasteiger partial charge in [0, 0.05) is 6.42 Å². The van der Waals surface area contributed by atoms with Crippen LogP contribution in [0.4, 0.5) is 0 Å². The van der Waals surface area contributed by atoms with E-state index in [2.05, 4.69) is 19.2 Å². The van der Waals surface area contributed by atoms with Crippen molar-refractivity contribution in [2.75, 3.05) is 0 Å². The molecule has 4 atom stereocenters. The predicted octanol–water partition coefficient (Wildman–Crippen LogP) is 5.97. The fraction of sp³-hybridized carbons (Fsp3) is 0.893. The minimum Gasteiger partial charge on any atom is -0.461 e. The average Bonchev–Trinajstić information content (AvgIpc) is 2.87. The molecule has 0 spiro atoms. The van der Waals surface area contributed by atoms with E-state index < -0.39 is 17.6 Å². The van der Waals surface area contributed by atoms with Crippen LogP contribution in [0.2, 0.25) is 0 Å². The van der Waals surface area contributed by atoms with Crippen molar-refractivity contribution >= 4 is 29.9 Å². The van der Waals surface area contributed by atoms with Crippen LogP contribution in [0.1, 0.15) is 136 Å². The van der Waals surface area contributed by atoms with Crippen LogP contribution in [0.25, 0.3) is 0 Å². The molecule has 1 saturated heterocycles. The minimum atomic E-state index is -0.750. The standard InChI is InChI=1S/C28H51NO5.O2S/c1-4-7-9-11-12-13-14-15-16-19-23(33-28(32)25(18-6-3)29-22-30)21-26-24(27(31)34-26)20-17-10-8-5-2;1-3-2/h22-26H,4-21H2,1-3H3,(H,29,30);/t23-,24-,25-,26-;/m0./s1. The van der Waals surface area contributed by atoms with Crippen molar-refractivity contribution in [3.8, 4) is 0 Å². The SMILES string of the molecule is CCCCCCCCCCC[C@@H](C[C@@H]1OC(=O)[C@H]1CCCCCC)OC(=O)[C@H](CCC)NC=O.O=S=O. The number of hydrogen-bond donors (Lipinski definition) is 1. The smallest absolute Gasteiger partial charge is 0.335 e. The van der Waals surface area contributed by atoms with Crippen LogP contribution in [0.15, 0.2) is 0 Å². The summed E-state index contributed by atoms with van der Waals surface area (Å²) >= 11 is -0.750. The summed E-state index contributed by atoms with van der Waals surface area (Å²) in [6, 6.07) is -0.609. The van der Waals surface area contributed by atoms with Crippen LogP contribution in [0, 0.1) is 5.92 Å². The summed E-state index contributed by atoms with van der Waals surface area (Å²) in [4.78, 5) is 35.7. The molecule has 0 radical (unpaired) electrons. The lowest BCUT2D eigenvalue weighted by Crippen LogP contribution is -2.48. The van der Waals surface area contributed by atoms with Gasteiger partial charge in [-0.1, -0.05) is 104 Å². The van der Waals surface area contributed by atoms with Crippen molar-refractivity contribution in [3.63, 3.8) is 0 Å². The summed E-state index contributed by atoms with van der Waals surface area (Å²) in [6.45, 7) is 6.39. The van der Waals surface area contributed by atoms with E-state index in [9.17, 15) is 14.4 Å². The molecule has 1 aliphatic rings. The first-order valence-electron chi connectivity index (χ1n) is 14.5. The summed E-state index contributed by atoms with van der Waals surface area (Å²) < 4.78 is 27.9. The first kappa shape index (κ1) is 35.2. The second-order valence-electron chi connectivity index (χ2n) is 10.0. The molecule has 1 fully saturated rings. The summed E-state index contributed by atoms with van der Waals surface area (Å²) in [5.74, 6) is -0.554. The molecule has 0 unspecified atom stereocenters. The van der Waals surface area contributed by atoms with Gasteiger partial charge in [-0.3, -0.25) is 9.59 Å². The molecule has 1 aliphatic heterocycles. The van der Waals surface area contributed by atoms with Crippen molar-refractivity contribution in [2.24, 2.45) is 5.92 Å². The molecule has 216 valence electrons. The molecule has 1 rings (SSSR count). The Labute approximate surface area is 228 Å². The predicted molar refractivity (Wildman–Crippen MR) is 145 cm³/mol. The van der Waals surface area contributed by atoms with Gasteiger partial charge in [0.15, 0.2) is 0 Å².